The van der Waals surface area contributed by atoms with Crippen LogP contribution in [0.15, 0.2) is 24.3 Å². The smallest absolute Gasteiger partial charge is 0.412 e. The number of nitrogens with one attached hydrogen (secondary N) is 1. The van der Waals surface area contributed by atoms with Crippen LogP contribution in [-0.2, 0) is 4.74 Å². The summed E-state index contributed by atoms with van der Waals surface area (Å²) in [6.07, 6.45) is -0.512. The van der Waals surface area contributed by atoms with Gasteiger partial charge in [0.05, 0.1) is 5.33 Å². The molecule has 1 aromatic rings. The second-order valence-corrected chi connectivity index (χ2v) is 5.32. The minimum atomic E-state index is -0.532. The highest BCUT2D eigenvalue weighted by molar-refractivity contribution is 9.09. The molecule has 0 saturated heterocycles. The standard InChI is InChI=1S/C13H16BrNO3/c1-13(2,3)18-12(17)15-10-6-4-9(5-7-10)11(16)8-14/h4-7H,8H2,1-3H3,(H,15,17). The van der Waals surface area contributed by atoms with Crippen molar-refractivity contribution in [3.8, 4) is 0 Å². The first-order valence-electron chi connectivity index (χ1n) is 5.51. The molecule has 1 amide bonds. The number of carbonyl (C=O) groups excluding carboxylic acids is 2. The molecule has 0 bridgehead atoms. The average Bonchev–Trinajstić information content (AvgIpc) is 2.26. The van der Waals surface area contributed by atoms with Crippen molar-refractivity contribution in [1.82, 2.24) is 0 Å². The molecule has 98 valence electrons. The van der Waals surface area contributed by atoms with Crippen molar-refractivity contribution in [1.29, 1.82) is 0 Å². The third-order valence-corrected chi connectivity index (χ3v) is 2.48. The largest absolute Gasteiger partial charge is 0.444 e. The predicted octanol–water partition coefficient (Wildman–Crippen LogP) is 3.61. The predicted molar refractivity (Wildman–Crippen MR) is 74.4 cm³/mol. The van der Waals surface area contributed by atoms with Crippen molar-refractivity contribution < 1.29 is 14.3 Å². The van der Waals surface area contributed by atoms with E-state index in [0.717, 1.165) is 0 Å². The summed E-state index contributed by atoms with van der Waals surface area (Å²) in [5, 5.41) is 2.88. The molecule has 0 aromatic heterocycles. The van der Waals surface area contributed by atoms with E-state index in [1.54, 1.807) is 45.0 Å². The van der Waals surface area contributed by atoms with E-state index in [1.165, 1.54) is 0 Å². The monoisotopic (exact) mass is 313 g/mol. The first-order valence-corrected chi connectivity index (χ1v) is 6.63. The highest BCUT2D eigenvalue weighted by Gasteiger charge is 2.16. The van der Waals surface area contributed by atoms with Crippen molar-refractivity contribution >= 4 is 33.5 Å². The van der Waals surface area contributed by atoms with E-state index in [4.69, 9.17) is 4.74 Å². The maximum Gasteiger partial charge on any atom is 0.412 e. The summed E-state index contributed by atoms with van der Waals surface area (Å²) in [6, 6.07) is 6.66. The van der Waals surface area contributed by atoms with Gasteiger partial charge in [-0.25, -0.2) is 4.79 Å². The molecule has 1 aromatic carbocycles. The summed E-state index contributed by atoms with van der Waals surface area (Å²) in [7, 11) is 0. The normalized spacial score (nSPS) is 10.9. The van der Waals surface area contributed by atoms with Gasteiger partial charge in [-0.15, -0.1) is 0 Å². The lowest BCUT2D eigenvalue weighted by atomic mass is 10.1. The van der Waals surface area contributed by atoms with Gasteiger partial charge in [0.2, 0.25) is 0 Å². The Kier molecular flexibility index (Phi) is 4.90. The summed E-state index contributed by atoms with van der Waals surface area (Å²) in [6.45, 7) is 5.39. The quantitative estimate of drug-likeness (QED) is 0.685. The average molecular weight is 314 g/mol. The fourth-order valence-corrected chi connectivity index (χ4v) is 1.56. The van der Waals surface area contributed by atoms with Crippen molar-refractivity contribution in [2.24, 2.45) is 0 Å². The van der Waals surface area contributed by atoms with Gasteiger partial charge >= 0.3 is 6.09 Å². The van der Waals surface area contributed by atoms with E-state index in [0.29, 0.717) is 11.3 Å². The molecule has 0 aliphatic heterocycles. The molecule has 0 heterocycles. The van der Waals surface area contributed by atoms with E-state index in [-0.39, 0.29) is 11.1 Å². The Balaban J connectivity index is 2.64. The number of Topliss-reactive ketones (excluding diaryl/α,β-unsaturated/α-hetero) is 1. The number of amides is 1. The van der Waals surface area contributed by atoms with Crippen LogP contribution in [0.2, 0.25) is 0 Å². The van der Waals surface area contributed by atoms with E-state index in [9.17, 15) is 9.59 Å². The van der Waals surface area contributed by atoms with Crippen molar-refractivity contribution in [3.63, 3.8) is 0 Å². The number of ether oxygens (including phenoxy) is 1. The Bertz CT molecular complexity index is 435. The molecule has 0 radical (unpaired) electrons. The van der Waals surface area contributed by atoms with Gasteiger partial charge in [0.1, 0.15) is 5.60 Å². The van der Waals surface area contributed by atoms with Gasteiger partial charge in [-0.2, -0.15) is 0 Å². The first-order chi connectivity index (χ1) is 8.31. The number of hydrogen-bond donors (Lipinski definition) is 1. The summed E-state index contributed by atoms with van der Waals surface area (Å²) in [5.74, 6) is -0.00109. The van der Waals surface area contributed by atoms with E-state index in [2.05, 4.69) is 21.2 Å². The minimum Gasteiger partial charge on any atom is -0.444 e. The van der Waals surface area contributed by atoms with Gasteiger partial charge in [0.25, 0.3) is 0 Å². The number of benzene rings is 1. The molecule has 5 heteroatoms. The Morgan fingerprint density at radius 1 is 1.22 bits per heavy atom. The van der Waals surface area contributed by atoms with Crippen LogP contribution < -0.4 is 5.32 Å². The lowest BCUT2D eigenvalue weighted by Crippen LogP contribution is -2.27. The number of halogens is 1. The molecule has 0 aliphatic rings. The Labute approximate surface area is 115 Å². The zero-order valence-corrected chi connectivity index (χ0v) is 12.2. The number of alkyl halides is 1. The van der Waals surface area contributed by atoms with Crippen molar-refractivity contribution in [3.05, 3.63) is 29.8 Å². The molecule has 0 spiro atoms. The molecule has 0 fully saturated rings. The maximum atomic E-state index is 11.5. The molecule has 0 unspecified atom stereocenters. The Morgan fingerprint density at radius 2 is 1.78 bits per heavy atom. The summed E-state index contributed by atoms with van der Waals surface area (Å²) in [5.41, 5.74) is 0.660. The molecule has 0 aliphatic carbocycles. The summed E-state index contributed by atoms with van der Waals surface area (Å²) in [4.78, 5) is 22.9. The van der Waals surface area contributed by atoms with E-state index in [1.807, 2.05) is 0 Å². The topological polar surface area (TPSA) is 55.4 Å². The molecular weight excluding hydrogens is 298 g/mol. The SMILES string of the molecule is CC(C)(C)OC(=O)Nc1ccc(C(=O)CBr)cc1. The fraction of sp³-hybridized carbons (Fsp3) is 0.385. The van der Waals surface area contributed by atoms with Gasteiger partial charge in [0, 0.05) is 11.3 Å². The molecule has 1 N–H and O–H groups in total. The number of carbonyl (C=O) groups is 2. The number of rotatable bonds is 3. The number of anilines is 1. The molecule has 18 heavy (non-hydrogen) atoms. The highest BCUT2D eigenvalue weighted by Crippen LogP contribution is 2.13. The number of hydrogen-bond acceptors (Lipinski definition) is 3. The zero-order chi connectivity index (χ0) is 13.8. The Hall–Kier alpha value is -1.36. The lowest BCUT2D eigenvalue weighted by molar-refractivity contribution is 0.0636. The Morgan fingerprint density at radius 3 is 2.22 bits per heavy atom. The van der Waals surface area contributed by atoms with Crippen LogP contribution in [0.1, 0.15) is 31.1 Å². The molecule has 4 nitrogen and oxygen atoms in total. The van der Waals surface area contributed by atoms with Crippen LogP contribution in [0.4, 0.5) is 10.5 Å². The van der Waals surface area contributed by atoms with Crippen LogP contribution in [0.25, 0.3) is 0 Å². The van der Waals surface area contributed by atoms with Gasteiger partial charge in [0.15, 0.2) is 5.78 Å². The number of ketones is 1. The molecule has 0 atom stereocenters. The van der Waals surface area contributed by atoms with Gasteiger partial charge in [-0.05, 0) is 45.0 Å². The van der Waals surface area contributed by atoms with Crippen LogP contribution in [0, 0.1) is 0 Å². The zero-order valence-electron chi connectivity index (χ0n) is 10.6. The van der Waals surface area contributed by atoms with Gasteiger partial charge in [-0.1, -0.05) is 15.9 Å². The minimum absolute atomic E-state index is 0.00109. The fourth-order valence-electron chi connectivity index (χ4n) is 1.24. The third-order valence-electron chi connectivity index (χ3n) is 1.97. The first kappa shape index (κ1) is 14.7. The van der Waals surface area contributed by atoms with Gasteiger partial charge in [-0.3, -0.25) is 10.1 Å². The van der Waals surface area contributed by atoms with Crippen LogP contribution in [-0.4, -0.2) is 22.8 Å². The maximum absolute atomic E-state index is 11.5. The second kappa shape index (κ2) is 6.00. The van der Waals surface area contributed by atoms with Crippen molar-refractivity contribution in [2.45, 2.75) is 26.4 Å². The van der Waals surface area contributed by atoms with Crippen LogP contribution in [0.3, 0.4) is 0 Å². The second-order valence-electron chi connectivity index (χ2n) is 4.76. The third kappa shape index (κ3) is 4.87. The van der Waals surface area contributed by atoms with Crippen molar-refractivity contribution in [2.75, 3.05) is 10.6 Å². The summed E-state index contributed by atoms with van der Waals surface area (Å²) < 4.78 is 5.12. The molecular formula is C13H16BrNO3. The summed E-state index contributed by atoms with van der Waals surface area (Å²) >= 11 is 3.10. The van der Waals surface area contributed by atoms with Crippen LogP contribution >= 0.6 is 15.9 Å². The van der Waals surface area contributed by atoms with E-state index >= 15 is 0 Å². The molecule has 0 saturated carbocycles. The van der Waals surface area contributed by atoms with Gasteiger partial charge < -0.3 is 4.74 Å². The molecule has 1 rings (SSSR count). The van der Waals surface area contributed by atoms with Crippen LogP contribution in [0.5, 0.6) is 0 Å². The highest BCUT2D eigenvalue weighted by atomic mass is 79.9. The van der Waals surface area contributed by atoms with E-state index < -0.39 is 11.7 Å². The lowest BCUT2D eigenvalue weighted by Gasteiger charge is -2.19.